The van der Waals surface area contributed by atoms with Crippen molar-refractivity contribution in [3.05, 3.63) is 63.5 Å². The van der Waals surface area contributed by atoms with Crippen LogP contribution in [0, 0.1) is 0 Å². The summed E-state index contributed by atoms with van der Waals surface area (Å²) in [4.78, 5) is 17.1. The molecule has 112 valence electrons. The van der Waals surface area contributed by atoms with E-state index in [4.69, 9.17) is 4.74 Å². The quantitative estimate of drug-likeness (QED) is 0.609. The summed E-state index contributed by atoms with van der Waals surface area (Å²) in [5, 5.41) is 1.93. The van der Waals surface area contributed by atoms with Crippen molar-refractivity contribution in [3.63, 3.8) is 0 Å². The van der Waals surface area contributed by atoms with Crippen molar-refractivity contribution >= 4 is 29.3 Å². The number of carbonyl (C=O) groups is 1. The van der Waals surface area contributed by atoms with Gasteiger partial charge in [-0.1, -0.05) is 51.1 Å². The molecule has 1 aromatic carbocycles. The minimum atomic E-state index is -0.400. The van der Waals surface area contributed by atoms with Crippen LogP contribution in [0.15, 0.2) is 52.5 Å². The Labute approximate surface area is 134 Å². The molecule has 0 N–H and O–H groups in total. The number of rotatable bonds is 2. The van der Waals surface area contributed by atoms with Gasteiger partial charge in [-0.25, -0.2) is 9.79 Å². The average Bonchev–Trinajstić information content (AvgIpc) is 3.09. The Kier molecular flexibility index (Phi) is 3.71. The first kappa shape index (κ1) is 14.7. The van der Waals surface area contributed by atoms with E-state index < -0.39 is 5.97 Å². The lowest BCUT2D eigenvalue weighted by molar-refractivity contribution is -0.129. The molecule has 0 fully saturated rings. The Morgan fingerprint density at radius 3 is 2.45 bits per heavy atom. The van der Waals surface area contributed by atoms with Crippen LogP contribution in [0.1, 0.15) is 36.8 Å². The zero-order valence-corrected chi connectivity index (χ0v) is 13.6. The molecule has 0 unspecified atom stereocenters. The van der Waals surface area contributed by atoms with Gasteiger partial charge in [0.2, 0.25) is 5.90 Å². The molecule has 2 heterocycles. The van der Waals surface area contributed by atoms with Crippen LogP contribution in [0.5, 0.6) is 0 Å². The summed E-state index contributed by atoms with van der Waals surface area (Å²) in [5.41, 5.74) is 2.65. The summed E-state index contributed by atoms with van der Waals surface area (Å²) in [7, 11) is 0. The molecule has 0 amide bonds. The fraction of sp³-hybridized carbons (Fsp3) is 0.222. The van der Waals surface area contributed by atoms with Crippen molar-refractivity contribution in [2.45, 2.75) is 26.2 Å². The maximum absolute atomic E-state index is 11.9. The zero-order chi connectivity index (χ0) is 15.7. The molecule has 22 heavy (non-hydrogen) atoms. The second-order valence-corrected chi connectivity index (χ2v) is 7.13. The first-order chi connectivity index (χ1) is 10.4. The zero-order valence-electron chi connectivity index (χ0n) is 12.8. The Hall–Kier alpha value is -2.20. The van der Waals surface area contributed by atoms with Gasteiger partial charge >= 0.3 is 5.97 Å². The standard InChI is InChI=1S/C18H17NO2S/c1-18(2,3)13-8-6-12(7-9-13)11-14-17(20)21-16(19-14)15-5-4-10-22-15/h4-11H,1-3H3/b14-11-. The largest absolute Gasteiger partial charge is 0.401 e. The summed E-state index contributed by atoms with van der Waals surface area (Å²) in [6.45, 7) is 6.52. The number of thiophene rings is 1. The predicted octanol–water partition coefficient (Wildman–Crippen LogP) is 4.39. The molecule has 2 aromatic rings. The average molecular weight is 311 g/mol. The smallest absolute Gasteiger partial charge is 0.363 e. The number of ether oxygens (including phenoxy) is 1. The fourth-order valence-corrected chi connectivity index (χ4v) is 2.80. The van der Waals surface area contributed by atoms with Crippen LogP contribution in [0.25, 0.3) is 6.08 Å². The highest BCUT2D eigenvalue weighted by atomic mass is 32.1. The molecule has 0 spiro atoms. The third-order valence-corrected chi connectivity index (χ3v) is 4.29. The van der Waals surface area contributed by atoms with Crippen molar-refractivity contribution in [2.75, 3.05) is 0 Å². The van der Waals surface area contributed by atoms with Crippen LogP contribution in [-0.2, 0) is 14.9 Å². The molecule has 1 aliphatic rings. The van der Waals surface area contributed by atoms with Crippen molar-refractivity contribution in [2.24, 2.45) is 4.99 Å². The van der Waals surface area contributed by atoms with E-state index in [9.17, 15) is 4.79 Å². The summed E-state index contributed by atoms with van der Waals surface area (Å²) in [6, 6.07) is 12.0. The maximum Gasteiger partial charge on any atom is 0.363 e. The number of carbonyl (C=O) groups excluding carboxylic acids is 1. The first-order valence-electron chi connectivity index (χ1n) is 7.10. The molecule has 0 saturated carbocycles. The number of hydrogen-bond donors (Lipinski definition) is 0. The predicted molar refractivity (Wildman–Crippen MR) is 90.1 cm³/mol. The monoisotopic (exact) mass is 311 g/mol. The third-order valence-electron chi connectivity index (χ3n) is 3.43. The van der Waals surface area contributed by atoms with Crippen LogP contribution >= 0.6 is 11.3 Å². The van der Waals surface area contributed by atoms with Crippen LogP contribution in [0.4, 0.5) is 0 Å². The highest BCUT2D eigenvalue weighted by Crippen LogP contribution is 2.24. The van der Waals surface area contributed by atoms with Gasteiger partial charge in [-0.3, -0.25) is 0 Å². The number of aliphatic imine (C=N–C) groups is 1. The second-order valence-electron chi connectivity index (χ2n) is 6.19. The minimum absolute atomic E-state index is 0.114. The number of benzene rings is 1. The molecular weight excluding hydrogens is 294 g/mol. The highest BCUT2D eigenvalue weighted by molar-refractivity contribution is 7.12. The van der Waals surface area contributed by atoms with Gasteiger partial charge in [-0.15, -0.1) is 11.3 Å². The second kappa shape index (κ2) is 5.54. The van der Waals surface area contributed by atoms with Crippen molar-refractivity contribution < 1.29 is 9.53 Å². The van der Waals surface area contributed by atoms with Gasteiger partial charge < -0.3 is 4.74 Å². The Morgan fingerprint density at radius 2 is 1.86 bits per heavy atom. The summed E-state index contributed by atoms with van der Waals surface area (Å²) >= 11 is 1.50. The Morgan fingerprint density at radius 1 is 1.14 bits per heavy atom. The first-order valence-corrected chi connectivity index (χ1v) is 7.98. The highest BCUT2D eigenvalue weighted by Gasteiger charge is 2.24. The van der Waals surface area contributed by atoms with E-state index in [1.165, 1.54) is 16.9 Å². The molecule has 1 aliphatic heterocycles. The number of nitrogens with zero attached hydrogens (tertiary/aromatic N) is 1. The maximum atomic E-state index is 11.9. The summed E-state index contributed by atoms with van der Waals surface area (Å²) in [5.74, 6) is -0.0131. The fourth-order valence-electron chi connectivity index (χ4n) is 2.15. The van der Waals surface area contributed by atoms with Gasteiger partial charge in [0.15, 0.2) is 5.70 Å². The molecule has 3 rings (SSSR count). The van der Waals surface area contributed by atoms with Gasteiger partial charge in [0.05, 0.1) is 4.88 Å². The Bertz CT molecular complexity index is 747. The molecule has 0 saturated heterocycles. The van der Waals surface area contributed by atoms with Gasteiger partial charge in [-0.2, -0.15) is 0 Å². The van der Waals surface area contributed by atoms with Crippen LogP contribution in [-0.4, -0.2) is 11.9 Å². The van der Waals surface area contributed by atoms with E-state index in [-0.39, 0.29) is 5.41 Å². The molecule has 4 heteroatoms. The van der Waals surface area contributed by atoms with Gasteiger partial charge in [0.25, 0.3) is 0 Å². The molecule has 0 bridgehead atoms. The van der Waals surface area contributed by atoms with E-state index in [2.05, 4.69) is 37.9 Å². The van der Waals surface area contributed by atoms with E-state index in [0.29, 0.717) is 11.6 Å². The van der Waals surface area contributed by atoms with Gasteiger partial charge in [0, 0.05) is 0 Å². The molecular formula is C18H17NO2S. The van der Waals surface area contributed by atoms with Gasteiger partial charge in [0.1, 0.15) is 0 Å². The van der Waals surface area contributed by atoms with Crippen LogP contribution in [0.3, 0.4) is 0 Å². The lowest BCUT2D eigenvalue weighted by Gasteiger charge is -2.18. The topological polar surface area (TPSA) is 38.7 Å². The van der Waals surface area contributed by atoms with Crippen molar-refractivity contribution in [1.82, 2.24) is 0 Å². The molecule has 3 nitrogen and oxygen atoms in total. The van der Waals surface area contributed by atoms with E-state index in [1.807, 2.05) is 29.6 Å². The SMILES string of the molecule is CC(C)(C)c1ccc(/C=C2\N=C(c3cccs3)OC2=O)cc1. The minimum Gasteiger partial charge on any atom is -0.401 e. The lowest BCUT2D eigenvalue weighted by atomic mass is 9.87. The Balaban J connectivity index is 1.87. The molecule has 0 aliphatic carbocycles. The molecule has 1 aromatic heterocycles. The van der Waals surface area contributed by atoms with Crippen molar-refractivity contribution in [3.8, 4) is 0 Å². The van der Waals surface area contributed by atoms with Crippen LogP contribution < -0.4 is 0 Å². The number of esters is 1. The van der Waals surface area contributed by atoms with Crippen LogP contribution in [0.2, 0.25) is 0 Å². The summed E-state index contributed by atoms with van der Waals surface area (Å²) < 4.78 is 5.22. The van der Waals surface area contributed by atoms with E-state index in [0.717, 1.165) is 10.4 Å². The van der Waals surface area contributed by atoms with E-state index >= 15 is 0 Å². The number of hydrogen-bond acceptors (Lipinski definition) is 4. The normalized spacial score (nSPS) is 16.8. The molecule has 0 radical (unpaired) electrons. The van der Waals surface area contributed by atoms with E-state index in [1.54, 1.807) is 6.08 Å². The molecule has 0 atom stereocenters. The lowest BCUT2D eigenvalue weighted by Crippen LogP contribution is -2.10. The summed E-state index contributed by atoms with van der Waals surface area (Å²) in [6.07, 6.45) is 1.76. The van der Waals surface area contributed by atoms with Gasteiger partial charge in [-0.05, 0) is 34.1 Å². The third kappa shape index (κ3) is 3.02. The number of cyclic esters (lactones) is 1. The van der Waals surface area contributed by atoms with Crippen molar-refractivity contribution in [1.29, 1.82) is 0 Å².